The van der Waals surface area contributed by atoms with Crippen LogP contribution in [0, 0.1) is 6.92 Å². The summed E-state index contributed by atoms with van der Waals surface area (Å²) in [5, 5.41) is 3.20. The molecule has 1 atom stereocenters. The number of hydrogen-bond acceptors (Lipinski definition) is 4. The van der Waals surface area contributed by atoms with E-state index in [1.165, 1.54) is 10.6 Å². The van der Waals surface area contributed by atoms with E-state index in [0.29, 0.717) is 18.7 Å². The molecule has 1 fully saturated rings. The number of amides is 1. The molecule has 0 radical (unpaired) electrons. The number of rotatable bonds is 2. The summed E-state index contributed by atoms with van der Waals surface area (Å²) < 4.78 is 1.43. The van der Waals surface area contributed by atoms with Gasteiger partial charge in [0, 0.05) is 31.5 Å². The van der Waals surface area contributed by atoms with Crippen LogP contribution in [0.1, 0.15) is 28.8 Å². The van der Waals surface area contributed by atoms with Crippen molar-refractivity contribution >= 4 is 11.6 Å². The molecular weight excluding hydrogens is 280 g/mol. The van der Waals surface area contributed by atoms with Gasteiger partial charge in [-0.25, -0.2) is 4.98 Å². The third kappa shape index (κ3) is 2.62. The number of nitrogens with one attached hydrogen (secondary N) is 1. The minimum absolute atomic E-state index is 0.137. The molecule has 0 aromatic carbocycles. The first-order chi connectivity index (χ1) is 10.6. The maximum absolute atomic E-state index is 12.6. The Morgan fingerprint density at radius 3 is 3.05 bits per heavy atom. The van der Waals surface area contributed by atoms with Crippen LogP contribution in [0.3, 0.4) is 0 Å². The number of hydrogen-bond donors (Lipinski definition) is 1. The van der Waals surface area contributed by atoms with Gasteiger partial charge < -0.3 is 10.2 Å². The zero-order valence-corrected chi connectivity index (χ0v) is 12.9. The minimum Gasteiger partial charge on any atom is -0.337 e. The highest BCUT2D eigenvalue weighted by molar-refractivity contribution is 5.93. The molecule has 0 saturated carbocycles. The molecule has 1 unspecified atom stereocenters. The van der Waals surface area contributed by atoms with E-state index in [0.717, 1.165) is 18.4 Å². The van der Waals surface area contributed by atoms with Gasteiger partial charge >= 0.3 is 0 Å². The Hall–Kier alpha value is -2.21. The molecule has 6 nitrogen and oxygen atoms in total. The fourth-order valence-corrected chi connectivity index (χ4v) is 2.89. The summed E-state index contributed by atoms with van der Waals surface area (Å²) in [6, 6.07) is 3.95. The van der Waals surface area contributed by atoms with Crippen LogP contribution >= 0.6 is 0 Å². The van der Waals surface area contributed by atoms with Crippen molar-refractivity contribution in [2.24, 2.45) is 0 Å². The summed E-state index contributed by atoms with van der Waals surface area (Å²) in [4.78, 5) is 31.2. The van der Waals surface area contributed by atoms with Crippen molar-refractivity contribution in [3.05, 3.63) is 46.0 Å². The Labute approximate surface area is 128 Å². The number of nitrogens with zero attached hydrogens (tertiary/aromatic N) is 3. The van der Waals surface area contributed by atoms with E-state index in [2.05, 4.69) is 10.3 Å². The quantitative estimate of drug-likeness (QED) is 0.892. The molecule has 0 aliphatic carbocycles. The second kappa shape index (κ2) is 5.88. The number of carbonyl (C=O) groups is 1. The fourth-order valence-electron chi connectivity index (χ4n) is 2.89. The van der Waals surface area contributed by atoms with E-state index in [1.807, 2.05) is 26.1 Å². The highest BCUT2D eigenvalue weighted by atomic mass is 16.2. The molecule has 1 saturated heterocycles. The predicted molar refractivity (Wildman–Crippen MR) is 84.2 cm³/mol. The van der Waals surface area contributed by atoms with Crippen LogP contribution in [0.5, 0.6) is 0 Å². The lowest BCUT2D eigenvalue weighted by Gasteiger charge is -2.32. The highest BCUT2D eigenvalue weighted by Crippen LogP contribution is 2.12. The van der Waals surface area contributed by atoms with Gasteiger partial charge in [-0.2, -0.15) is 0 Å². The van der Waals surface area contributed by atoms with Gasteiger partial charge in [0.15, 0.2) is 0 Å². The molecule has 0 bridgehead atoms. The van der Waals surface area contributed by atoms with Crippen molar-refractivity contribution in [3.8, 4) is 0 Å². The van der Waals surface area contributed by atoms with Crippen LogP contribution in [0.4, 0.5) is 0 Å². The van der Waals surface area contributed by atoms with Gasteiger partial charge in [-0.3, -0.25) is 14.0 Å². The summed E-state index contributed by atoms with van der Waals surface area (Å²) in [6.07, 6.45) is 5.07. The van der Waals surface area contributed by atoms with Crippen molar-refractivity contribution in [3.63, 3.8) is 0 Å². The number of pyridine rings is 1. The Bertz CT molecular complexity index is 768. The average molecular weight is 300 g/mol. The number of likely N-dealkylation sites (N-methyl/N-ethyl adjacent to an activating group) is 1. The van der Waals surface area contributed by atoms with Crippen LogP contribution < -0.4 is 10.9 Å². The number of aromatic nitrogens is 2. The van der Waals surface area contributed by atoms with Crippen LogP contribution in [-0.4, -0.2) is 46.4 Å². The maximum Gasteiger partial charge on any atom is 0.270 e. The van der Waals surface area contributed by atoms with Crippen molar-refractivity contribution in [1.29, 1.82) is 0 Å². The number of likely N-dealkylation sites (tertiary alicyclic amines) is 1. The number of piperidine rings is 1. The molecule has 0 spiro atoms. The molecule has 3 heterocycles. The molecule has 6 heteroatoms. The smallest absolute Gasteiger partial charge is 0.270 e. The van der Waals surface area contributed by atoms with Gasteiger partial charge in [0.1, 0.15) is 11.2 Å². The van der Waals surface area contributed by atoms with Gasteiger partial charge in [-0.1, -0.05) is 0 Å². The molecule has 22 heavy (non-hydrogen) atoms. The molecule has 3 rings (SSSR count). The zero-order valence-electron chi connectivity index (χ0n) is 12.9. The summed E-state index contributed by atoms with van der Waals surface area (Å²) >= 11 is 0. The lowest BCUT2D eigenvalue weighted by atomic mass is 10.1. The van der Waals surface area contributed by atoms with E-state index >= 15 is 0 Å². The second-order valence-electron chi connectivity index (χ2n) is 5.79. The number of aryl methyl sites for hydroxylation is 1. The van der Waals surface area contributed by atoms with Crippen LogP contribution in [0.2, 0.25) is 0 Å². The first kappa shape index (κ1) is 14.7. The predicted octanol–water partition coefficient (Wildman–Crippen LogP) is 0.827. The van der Waals surface area contributed by atoms with Crippen molar-refractivity contribution in [1.82, 2.24) is 19.6 Å². The Kier molecular flexibility index (Phi) is 3.94. The molecule has 1 N–H and O–H groups in total. The summed E-state index contributed by atoms with van der Waals surface area (Å²) in [5.41, 5.74) is 1.42. The zero-order chi connectivity index (χ0) is 15.7. The molecular formula is C16H20N4O2. The van der Waals surface area contributed by atoms with E-state index in [-0.39, 0.29) is 23.1 Å². The third-order valence-electron chi connectivity index (χ3n) is 4.21. The maximum atomic E-state index is 12.6. The van der Waals surface area contributed by atoms with Crippen LogP contribution in [-0.2, 0) is 0 Å². The monoisotopic (exact) mass is 300 g/mol. The molecule has 2 aromatic heterocycles. The standard InChI is InChI=1S/C16H20N4O2/c1-11-5-7-20-14(8-11)18-9-13(16(20)22)15(21)19-6-3-4-12(10-19)17-2/h5,7-9,12,17H,3-4,6,10H2,1-2H3. The van der Waals surface area contributed by atoms with Gasteiger partial charge in [0.05, 0.1) is 0 Å². The Balaban J connectivity index is 1.96. The molecule has 1 amide bonds. The first-order valence-electron chi connectivity index (χ1n) is 7.54. The van der Waals surface area contributed by atoms with Crippen LogP contribution in [0.15, 0.2) is 29.3 Å². The van der Waals surface area contributed by atoms with Crippen molar-refractivity contribution < 1.29 is 4.79 Å². The van der Waals surface area contributed by atoms with Gasteiger partial charge in [0.2, 0.25) is 0 Å². The first-order valence-corrected chi connectivity index (χ1v) is 7.54. The average Bonchev–Trinajstić information content (AvgIpc) is 2.54. The SMILES string of the molecule is CNC1CCCN(C(=O)c2cnc3cc(C)ccn3c2=O)C1. The molecule has 2 aromatic rings. The van der Waals surface area contributed by atoms with Gasteiger partial charge in [-0.15, -0.1) is 0 Å². The highest BCUT2D eigenvalue weighted by Gasteiger charge is 2.25. The lowest BCUT2D eigenvalue weighted by molar-refractivity contribution is 0.0695. The normalized spacial score (nSPS) is 18.6. The van der Waals surface area contributed by atoms with Gasteiger partial charge in [0.25, 0.3) is 11.5 Å². The Morgan fingerprint density at radius 1 is 1.45 bits per heavy atom. The number of fused-ring (bicyclic) bond motifs is 1. The number of carbonyl (C=O) groups excluding carboxylic acids is 1. The summed E-state index contributed by atoms with van der Waals surface area (Å²) in [5.74, 6) is -0.229. The summed E-state index contributed by atoms with van der Waals surface area (Å²) in [6.45, 7) is 3.26. The van der Waals surface area contributed by atoms with E-state index in [1.54, 1.807) is 11.1 Å². The summed E-state index contributed by atoms with van der Waals surface area (Å²) in [7, 11) is 1.90. The topological polar surface area (TPSA) is 66.7 Å². The lowest BCUT2D eigenvalue weighted by Crippen LogP contribution is -2.48. The van der Waals surface area contributed by atoms with E-state index in [4.69, 9.17) is 0 Å². The van der Waals surface area contributed by atoms with Crippen molar-refractivity contribution in [2.75, 3.05) is 20.1 Å². The third-order valence-corrected chi connectivity index (χ3v) is 4.21. The minimum atomic E-state index is -0.304. The second-order valence-corrected chi connectivity index (χ2v) is 5.79. The van der Waals surface area contributed by atoms with E-state index < -0.39 is 0 Å². The van der Waals surface area contributed by atoms with Crippen LogP contribution in [0.25, 0.3) is 5.65 Å². The molecule has 1 aliphatic rings. The largest absolute Gasteiger partial charge is 0.337 e. The molecule has 1 aliphatic heterocycles. The Morgan fingerprint density at radius 2 is 2.27 bits per heavy atom. The van der Waals surface area contributed by atoms with E-state index in [9.17, 15) is 9.59 Å². The fraction of sp³-hybridized carbons (Fsp3) is 0.438. The van der Waals surface area contributed by atoms with Crippen molar-refractivity contribution in [2.45, 2.75) is 25.8 Å². The molecule has 116 valence electrons. The van der Waals surface area contributed by atoms with Gasteiger partial charge in [-0.05, 0) is 44.5 Å².